The summed E-state index contributed by atoms with van der Waals surface area (Å²) in [5, 5.41) is 16.9. The molecule has 5 nitrogen and oxygen atoms in total. The highest BCUT2D eigenvalue weighted by atomic mass is 16.3. The summed E-state index contributed by atoms with van der Waals surface area (Å²) in [6.45, 7) is 2.41. The van der Waals surface area contributed by atoms with Crippen LogP contribution in [0.15, 0.2) is 30.3 Å². The molecule has 5 heteroatoms. The summed E-state index contributed by atoms with van der Waals surface area (Å²) in [4.78, 5) is 12.5. The van der Waals surface area contributed by atoms with Crippen LogP contribution in [0.2, 0.25) is 0 Å². The van der Waals surface area contributed by atoms with Crippen molar-refractivity contribution < 1.29 is 9.90 Å². The van der Waals surface area contributed by atoms with Gasteiger partial charge < -0.3 is 10.4 Å². The predicted octanol–water partition coefficient (Wildman–Crippen LogP) is 2.84. The number of benzene rings is 1. The highest BCUT2D eigenvalue weighted by Gasteiger charge is 2.56. The van der Waals surface area contributed by atoms with E-state index in [0.717, 1.165) is 16.8 Å². The van der Waals surface area contributed by atoms with Gasteiger partial charge in [-0.15, -0.1) is 0 Å². The molecule has 2 N–H and O–H groups in total. The Kier molecular flexibility index (Phi) is 3.88. The topological polar surface area (TPSA) is 67.2 Å². The number of aromatic nitrogens is 2. The number of rotatable bonds is 5. The number of amides is 1. The smallest absolute Gasteiger partial charge is 0.229 e. The Morgan fingerprint density at radius 2 is 2.08 bits per heavy atom. The SMILES string of the molecule is Cc1ccccc1-c1cc(NC(=O)C2C3CCCC32)n(CCO)n1. The van der Waals surface area contributed by atoms with Crippen LogP contribution in [0.4, 0.5) is 5.82 Å². The van der Waals surface area contributed by atoms with Gasteiger partial charge in [0.05, 0.1) is 18.8 Å². The van der Waals surface area contributed by atoms with Gasteiger partial charge in [0.1, 0.15) is 5.82 Å². The van der Waals surface area contributed by atoms with Crippen LogP contribution < -0.4 is 5.32 Å². The van der Waals surface area contributed by atoms with Crippen LogP contribution in [-0.2, 0) is 11.3 Å². The first kappa shape index (κ1) is 15.4. The Balaban J connectivity index is 1.58. The maximum atomic E-state index is 12.5. The summed E-state index contributed by atoms with van der Waals surface area (Å²) in [6, 6.07) is 9.96. The van der Waals surface area contributed by atoms with E-state index in [2.05, 4.69) is 10.4 Å². The van der Waals surface area contributed by atoms with E-state index in [0.29, 0.717) is 24.2 Å². The van der Waals surface area contributed by atoms with E-state index in [9.17, 15) is 9.90 Å². The van der Waals surface area contributed by atoms with Crippen molar-refractivity contribution in [3.63, 3.8) is 0 Å². The molecule has 0 saturated heterocycles. The minimum absolute atomic E-state index is 0.00750. The molecule has 0 bridgehead atoms. The minimum Gasteiger partial charge on any atom is -0.394 e. The number of nitrogens with one attached hydrogen (secondary N) is 1. The number of carbonyl (C=O) groups is 1. The van der Waals surface area contributed by atoms with Crippen LogP contribution in [0.5, 0.6) is 0 Å². The Labute approximate surface area is 141 Å². The lowest BCUT2D eigenvalue weighted by Gasteiger charge is -2.08. The average molecular weight is 325 g/mol. The zero-order chi connectivity index (χ0) is 16.7. The van der Waals surface area contributed by atoms with Gasteiger partial charge in [-0.2, -0.15) is 5.10 Å². The second kappa shape index (κ2) is 6.06. The lowest BCUT2D eigenvalue weighted by Crippen LogP contribution is -2.20. The molecular formula is C19H23N3O2. The van der Waals surface area contributed by atoms with Gasteiger partial charge in [-0.05, 0) is 37.2 Å². The number of aryl methyl sites for hydroxylation is 1. The highest BCUT2D eigenvalue weighted by Crippen LogP contribution is 2.57. The molecule has 2 aliphatic rings. The summed E-state index contributed by atoms with van der Waals surface area (Å²) in [7, 11) is 0. The molecule has 2 fully saturated rings. The number of nitrogens with zero attached hydrogens (tertiary/aromatic N) is 2. The molecular weight excluding hydrogens is 302 g/mol. The first-order valence-corrected chi connectivity index (χ1v) is 8.74. The molecule has 24 heavy (non-hydrogen) atoms. The molecule has 1 amide bonds. The van der Waals surface area contributed by atoms with Crippen LogP contribution in [0.1, 0.15) is 24.8 Å². The second-order valence-electron chi connectivity index (χ2n) is 6.95. The van der Waals surface area contributed by atoms with Crippen molar-refractivity contribution in [3.8, 4) is 11.3 Å². The Bertz CT molecular complexity index is 758. The van der Waals surface area contributed by atoms with Crippen molar-refractivity contribution in [2.75, 3.05) is 11.9 Å². The number of fused-ring (bicyclic) bond motifs is 1. The van der Waals surface area contributed by atoms with Crippen LogP contribution in [0.3, 0.4) is 0 Å². The summed E-state index contributed by atoms with van der Waals surface area (Å²) < 4.78 is 1.69. The van der Waals surface area contributed by atoms with Crippen LogP contribution in [0, 0.1) is 24.7 Å². The molecule has 2 unspecified atom stereocenters. The van der Waals surface area contributed by atoms with Gasteiger partial charge >= 0.3 is 0 Å². The second-order valence-corrected chi connectivity index (χ2v) is 6.95. The third-order valence-electron chi connectivity index (χ3n) is 5.47. The predicted molar refractivity (Wildman–Crippen MR) is 92.4 cm³/mol. The van der Waals surface area contributed by atoms with E-state index in [4.69, 9.17) is 0 Å². The third kappa shape index (κ3) is 2.63. The highest BCUT2D eigenvalue weighted by molar-refractivity contribution is 5.94. The van der Waals surface area contributed by atoms with Gasteiger partial charge in [0.25, 0.3) is 0 Å². The normalized spacial score (nSPS) is 24.7. The maximum Gasteiger partial charge on any atom is 0.229 e. The van der Waals surface area contributed by atoms with E-state index >= 15 is 0 Å². The van der Waals surface area contributed by atoms with Crippen molar-refractivity contribution in [1.29, 1.82) is 0 Å². The largest absolute Gasteiger partial charge is 0.394 e. The van der Waals surface area contributed by atoms with Crippen molar-refractivity contribution in [3.05, 3.63) is 35.9 Å². The van der Waals surface area contributed by atoms with Gasteiger partial charge in [0, 0.05) is 17.5 Å². The molecule has 0 spiro atoms. The van der Waals surface area contributed by atoms with Gasteiger partial charge in [-0.1, -0.05) is 30.7 Å². The molecule has 4 rings (SSSR count). The van der Waals surface area contributed by atoms with Crippen molar-refractivity contribution in [2.45, 2.75) is 32.7 Å². The number of anilines is 1. The molecule has 2 aliphatic carbocycles. The standard InChI is InChI=1S/C19H23N3O2/c1-12-5-2-3-6-13(12)16-11-17(22(21-16)9-10-23)20-19(24)18-14-7-4-8-15(14)18/h2-3,5-6,11,14-15,18,23H,4,7-10H2,1H3,(H,20,24). The molecule has 1 heterocycles. The lowest BCUT2D eigenvalue weighted by atomic mass is 10.1. The fourth-order valence-electron chi connectivity index (χ4n) is 4.19. The molecule has 126 valence electrons. The van der Waals surface area contributed by atoms with Crippen LogP contribution >= 0.6 is 0 Å². The van der Waals surface area contributed by atoms with Gasteiger partial charge in [0.15, 0.2) is 0 Å². The number of hydrogen-bond donors (Lipinski definition) is 2. The molecule has 0 aliphatic heterocycles. The third-order valence-corrected chi connectivity index (χ3v) is 5.47. The summed E-state index contributed by atoms with van der Waals surface area (Å²) >= 11 is 0. The van der Waals surface area contributed by atoms with Crippen molar-refractivity contribution in [2.24, 2.45) is 17.8 Å². The van der Waals surface area contributed by atoms with E-state index in [-0.39, 0.29) is 18.4 Å². The zero-order valence-corrected chi connectivity index (χ0v) is 13.9. The number of hydrogen-bond acceptors (Lipinski definition) is 3. The fraction of sp³-hybridized carbons (Fsp3) is 0.474. The monoisotopic (exact) mass is 325 g/mol. The molecule has 1 aromatic heterocycles. The summed E-state index contributed by atoms with van der Waals surface area (Å²) in [6.07, 6.45) is 3.64. The van der Waals surface area contributed by atoms with Crippen LogP contribution in [0.25, 0.3) is 11.3 Å². The van der Waals surface area contributed by atoms with E-state index in [1.807, 2.05) is 37.3 Å². The molecule has 0 radical (unpaired) electrons. The molecule has 2 atom stereocenters. The van der Waals surface area contributed by atoms with E-state index in [1.54, 1.807) is 4.68 Å². The number of aliphatic hydroxyl groups is 1. The quantitative estimate of drug-likeness (QED) is 0.888. The molecule has 2 saturated carbocycles. The minimum atomic E-state index is -0.00750. The van der Waals surface area contributed by atoms with Gasteiger partial charge in [0.2, 0.25) is 5.91 Å². The first-order valence-electron chi connectivity index (χ1n) is 8.74. The summed E-state index contributed by atoms with van der Waals surface area (Å²) in [5.74, 6) is 2.15. The van der Waals surface area contributed by atoms with Crippen molar-refractivity contribution in [1.82, 2.24) is 9.78 Å². The molecule has 2 aromatic rings. The number of carbonyl (C=O) groups excluding carboxylic acids is 1. The number of aliphatic hydroxyl groups excluding tert-OH is 1. The lowest BCUT2D eigenvalue weighted by molar-refractivity contribution is -0.118. The Hall–Kier alpha value is -2.14. The first-order chi connectivity index (χ1) is 11.7. The van der Waals surface area contributed by atoms with Crippen molar-refractivity contribution >= 4 is 11.7 Å². The Morgan fingerprint density at radius 1 is 1.33 bits per heavy atom. The Morgan fingerprint density at radius 3 is 2.79 bits per heavy atom. The zero-order valence-electron chi connectivity index (χ0n) is 13.9. The van der Waals surface area contributed by atoms with E-state index in [1.165, 1.54) is 19.3 Å². The van der Waals surface area contributed by atoms with Gasteiger partial charge in [-0.25, -0.2) is 4.68 Å². The summed E-state index contributed by atoms with van der Waals surface area (Å²) in [5.41, 5.74) is 3.02. The van der Waals surface area contributed by atoms with Gasteiger partial charge in [-0.3, -0.25) is 4.79 Å². The maximum absolute atomic E-state index is 12.5. The fourth-order valence-corrected chi connectivity index (χ4v) is 4.19. The average Bonchev–Trinajstić information content (AvgIpc) is 2.90. The molecule has 1 aromatic carbocycles. The van der Waals surface area contributed by atoms with Crippen LogP contribution in [-0.4, -0.2) is 27.4 Å². The van der Waals surface area contributed by atoms with E-state index < -0.39 is 0 Å².